The highest BCUT2D eigenvalue weighted by Gasteiger charge is 2.27. The van der Waals surface area contributed by atoms with E-state index in [1.807, 2.05) is 23.1 Å². The lowest BCUT2D eigenvalue weighted by molar-refractivity contribution is -0.120. The molecule has 1 aromatic carbocycles. The maximum atomic E-state index is 13.0. The van der Waals surface area contributed by atoms with E-state index in [2.05, 4.69) is 10.6 Å². The molecule has 1 aliphatic carbocycles. The minimum absolute atomic E-state index is 0. The van der Waals surface area contributed by atoms with Crippen molar-refractivity contribution in [1.82, 2.24) is 5.32 Å². The minimum Gasteiger partial charge on any atom is -0.378 e. The second-order valence-corrected chi connectivity index (χ2v) is 8.64. The molecule has 1 saturated heterocycles. The van der Waals surface area contributed by atoms with E-state index in [9.17, 15) is 9.59 Å². The quantitative estimate of drug-likeness (QED) is 0.740. The van der Waals surface area contributed by atoms with Crippen LogP contribution in [0.1, 0.15) is 56.9 Å². The highest BCUT2D eigenvalue weighted by atomic mass is 35.5. The first-order valence-corrected chi connectivity index (χ1v) is 11.2. The Kier molecular flexibility index (Phi) is 8.54. The fraction of sp³-hybridized carbons (Fsp3) is 0.652. The van der Waals surface area contributed by atoms with Crippen molar-refractivity contribution in [2.45, 2.75) is 63.8 Å². The first-order valence-electron chi connectivity index (χ1n) is 11.2. The number of hydrogen-bond acceptors (Lipinski definition) is 4. The lowest BCUT2D eigenvalue weighted by Crippen LogP contribution is -2.46. The van der Waals surface area contributed by atoms with Crippen molar-refractivity contribution < 1.29 is 14.3 Å². The number of carbonyl (C=O) groups excluding carboxylic acids is 2. The van der Waals surface area contributed by atoms with Gasteiger partial charge in [-0.25, -0.2) is 0 Å². The monoisotopic (exact) mass is 435 g/mol. The Morgan fingerprint density at radius 2 is 1.97 bits per heavy atom. The number of morpholine rings is 1. The number of halogens is 1. The molecule has 1 saturated carbocycles. The van der Waals surface area contributed by atoms with Crippen LogP contribution in [0.25, 0.3) is 0 Å². The summed E-state index contributed by atoms with van der Waals surface area (Å²) in [6, 6.07) is 6.01. The molecule has 4 rings (SSSR count). The van der Waals surface area contributed by atoms with Crippen LogP contribution >= 0.6 is 12.4 Å². The van der Waals surface area contributed by atoms with Gasteiger partial charge in [-0.3, -0.25) is 9.59 Å². The summed E-state index contributed by atoms with van der Waals surface area (Å²) < 4.78 is 5.48. The standard InChI is InChI=1S/C23H33N3O3.ClH/c27-22(14-17-6-2-1-3-7-17)25-20-9-4-10-21-19(20)8-5-12-26(21)23(28)15-18-16-29-13-11-24-18;/h4,9-10,17-18,24H,1-3,5-8,11-16H2,(H,25,27);1H. The van der Waals surface area contributed by atoms with Crippen LogP contribution in [0.4, 0.5) is 11.4 Å². The predicted molar refractivity (Wildman–Crippen MR) is 121 cm³/mol. The Bertz CT molecular complexity index is 730. The number of nitrogens with zero attached hydrogens (tertiary/aromatic N) is 1. The van der Waals surface area contributed by atoms with Gasteiger partial charge in [-0.1, -0.05) is 25.3 Å². The van der Waals surface area contributed by atoms with Crippen molar-refractivity contribution in [3.63, 3.8) is 0 Å². The number of amides is 2. The number of fused-ring (bicyclic) bond motifs is 1. The van der Waals surface area contributed by atoms with E-state index >= 15 is 0 Å². The van der Waals surface area contributed by atoms with Gasteiger partial charge in [0.05, 0.1) is 13.2 Å². The second kappa shape index (κ2) is 11.1. The van der Waals surface area contributed by atoms with Gasteiger partial charge in [0.1, 0.15) is 0 Å². The molecule has 7 heteroatoms. The van der Waals surface area contributed by atoms with E-state index in [1.165, 1.54) is 32.1 Å². The number of anilines is 2. The Labute approximate surface area is 185 Å². The third-order valence-electron chi connectivity index (χ3n) is 6.44. The molecule has 1 aromatic rings. The van der Waals surface area contributed by atoms with Gasteiger partial charge in [0.25, 0.3) is 0 Å². The first-order chi connectivity index (χ1) is 14.2. The van der Waals surface area contributed by atoms with Gasteiger partial charge in [-0.15, -0.1) is 12.4 Å². The fourth-order valence-electron chi connectivity index (χ4n) is 4.93. The summed E-state index contributed by atoms with van der Waals surface area (Å²) in [5, 5.41) is 6.51. The lowest BCUT2D eigenvalue weighted by Gasteiger charge is -2.33. The minimum atomic E-state index is 0. The molecule has 166 valence electrons. The molecule has 2 amide bonds. The Morgan fingerprint density at radius 1 is 1.13 bits per heavy atom. The molecule has 3 aliphatic rings. The van der Waals surface area contributed by atoms with Crippen LogP contribution in [0.3, 0.4) is 0 Å². The second-order valence-electron chi connectivity index (χ2n) is 8.64. The van der Waals surface area contributed by atoms with Crippen molar-refractivity contribution in [2.24, 2.45) is 5.92 Å². The zero-order valence-corrected chi connectivity index (χ0v) is 18.5. The molecule has 1 unspecified atom stereocenters. The van der Waals surface area contributed by atoms with Crippen molar-refractivity contribution in [1.29, 1.82) is 0 Å². The lowest BCUT2D eigenvalue weighted by atomic mass is 9.87. The van der Waals surface area contributed by atoms with Crippen LogP contribution in [0, 0.1) is 5.92 Å². The third kappa shape index (κ3) is 5.74. The summed E-state index contributed by atoms with van der Waals surface area (Å²) in [5.41, 5.74) is 2.92. The Hall–Kier alpha value is -1.63. The molecule has 2 fully saturated rings. The maximum Gasteiger partial charge on any atom is 0.228 e. The average Bonchev–Trinajstić information content (AvgIpc) is 2.75. The molecule has 2 N–H and O–H groups in total. The number of hydrogen-bond donors (Lipinski definition) is 2. The molecule has 2 aliphatic heterocycles. The van der Waals surface area contributed by atoms with Gasteiger partial charge < -0.3 is 20.3 Å². The van der Waals surface area contributed by atoms with Crippen molar-refractivity contribution in [3.8, 4) is 0 Å². The Balaban J connectivity index is 0.00000256. The molecule has 6 nitrogen and oxygen atoms in total. The molecule has 0 aromatic heterocycles. The van der Waals surface area contributed by atoms with Gasteiger partial charge >= 0.3 is 0 Å². The fourth-order valence-corrected chi connectivity index (χ4v) is 4.93. The van der Waals surface area contributed by atoms with Crippen LogP contribution in [-0.2, 0) is 20.7 Å². The highest BCUT2D eigenvalue weighted by Crippen LogP contribution is 2.34. The average molecular weight is 436 g/mol. The van der Waals surface area contributed by atoms with E-state index in [0.29, 0.717) is 32.0 Å². The van der Waals surface area contributed by atoms with Crippen LogP contribution in [0.15, 0.2) is 18.2 Å². The molecule has 0 radical (unpaired) electrons. The first kappa shape index (κ1) is 23.0. The third-order valence-corrected chi connectivity index (χ3v) is 6.44. The molecule has 2 heterocycles. The number of nitrogens with one attached hydrogen (secondary N) is 2. The van der Waals surface area contributed by atoms with Gasteiger partial charge in [0.15, 0.2) is 0 Å². The topological polar surface area (TPSA) is 70.7 Å². The molecule has 0 spiro atoms. The van der Waals surface area contributed by atoms with Crippen molar-refractivity contribution in [3.05, 3.63) is 23.8 Å². The van der Waals surface area contributed by atoms with Crippen LogP contribution in [0.2, 0.25) is 0 Å². The van der Waals surface area contributed by atoms with Gasteiger partial charge in [0.2, 0.25) is 11.8 Å². The number of ether oxygens (including phenoxy) is 1. The summed E-state index contributed by atoms with van der Waals surface area (Å²) in [5.74, 6) is 0.753. The summed E-state index contributed by atoms with van der Waals surface area (Å²) in [4.78, 5) is 27.5. The van der Waals surface area contributed by atoms with Gasteiger partial charge in [0, 0.05) is 43.3 Å². The molecular formula is C23H34ClN3O3. The van der Waals surface area contributed by atoms with Crippen molar-refractivity contribution in [2.75, 3.05) is 36.5 Å². The van der Waals surface area contributed by atoms with E-state index < -0.39 is 0 Å². The van der Waals surface area contributed by atoms with Crippen LogP contribution < -0.4 is 15.5 Å². The molecule has 30 heavy (non-hydrogen) atoms. The van der Waals surface area contributed by atoms with E-state index in [1.54, 1.807) is 0 Å². The van der Waals surface area contributed by atoms with E-state index in [4.69, 9.17) is 4.74 Å². The number of benzene rings is 1. The number of carbonyl (C=O) groups is 2. The van der Waals surface area contributed by atoms with Crippen LogP contribution in [-0.4, -0.2) is 44.2 Å². The maximum absolute atomic E-state index is 13.0. The molecule has 0 bridgehead atoms. The molecular weight excluding hydrogens is 402 g/mol. The number of rotatable bonds is 5. The summed E-state index contributed by atoms with van der Waals surface area (Å²) in [6.07, 6.45) is 9.00. The SMILES string of the molecule is Cl.O=C(CC1CCCCC1)Nc1cccc2c1CCCN2C(=O)CC1COCCN1. The van der Waals surface area contributed by atoms with Crippen molar-refractivity contribution >= 4 is 35.6 Å². The smallest absolute Gasteiger partial charge is 0.228 e. The highest BCUT2D eigenvalue weighted by molar-refractivity contribution is 5.98. The van der Waals surface area contributed by atoms with Gasteiger partial charge in [-0.2, -0.15) is 0 Å². The zero-order valence-electron chi connectivity index (χ0n) is 17.7. The van der Waals surface area contributed by atoms with Crippen LogP contribution in [0.5, 0.6) is 0 Å². The van der Waals surface area contributed by atoms with E-state index in [-0.39, 0.29) is 30.3 Å². The zero-order chi connectivity index (χ0) is 20.1. The van der Waals surface area contributed by atoms with E-state index in [0.717, 1.165) is 42.9 Å². The largest absolute Gasteiger partial charge is 0.378 e. The predicted octanol–water partition coefficient (Wildman–Crippen LogP) is 3.68. The summed E-state index contributed by atoms with van der Waals surface area (Å²) >= 11 is 0. The summed E-state index contributed by atoms with van der Waals surface area (Å²) in [6.45, 7) is 2.83. The summed E-state index contributed by atoms with van der Waals surface area (Å²) in [7, 11) is 0. The van der Waals surface area contributed by atoms with Gasteiger partial charge in [-0.05, 0) is 49.3 Å². The normalized spacial score (nSPS) is 22.0. The Morgan fingerprint density at radius 3 is 2.73 bits per heavy atom. The molecule has 1 atom stereocenters.